The summed E-state index contributed by atoms with van der Waals surface area (Å²) < 4.78 is 0. The summed E-state index contributed by atoms with van der Waals surface area (Å²) in [5.41, 5.74) is 6.33. The second-order valence-electron chi connectivity index (χ2n) is 3.88. The number of rotatable bonds is 2. The molecular weight excluding hydrogens is 274 g/mol. The van der Waals surface area contributed by atoms with Crippen LogP contribution in [0.4, 0.5) is 5.82 Å². The van der Waals surface area contributed by atoms with Gasteiger partial charge in [-0.2, -0.15) is 0 Å². The number of nitrogens with one attached hydrogen (secondary N) is 1. The molecule has 1 aromatic heterocycles. The zero-order chi connectivity index (χ0) is 14.4. The van der Waals surface area contributed by atoms with E-state index in [1.54, 1.807) is 42.5 Å². The first-order valence-corrected chi connectivity index (χ1v) is 6.30. The van der Waals surface area contributed by atoms with Crippen molar-refractivity contribution in [1.29, 1.82) is 0 Å². The SMILES string of the molecule is NCC#Cc1cccc(NC(=O)c2cccc(Cl)c2)n1. The molecule has 3 N–H and O–H groups in total. The van der Waals surface area contributed by atoms with Gasteiger partial charge in [0.1, 0.15) is 11.5 Å². The molecule has 0 atom stereocenters. The summed E-state index contributed by atoms with van der Waals surface area (Å²) in [7, 11) is 0. The molecule has 0 fully saturated rings. The van der Waals surface area contributed by atoms with E-state index in [2.05, 4.69) is 22.1 Å². The predicted molar refractivity (Wildman–Crippen MR) is 79.6 cm³/mol. The predicted octanol–water partition coefficient (Wildman–Crippen LogP) is 2.30. The smallest absolute Gasteiger partial charge is 0.256 e. The van der Waals surface area contributed by atoms with Gasteiger partial charge >= 0.3 is 0 Å². The highest BCUT2D eigenvalue weighted by Gasteiger charge is 2.07. The average Bonchev–Trinajstić information content (AvgIpc) is 2.45. The van der Waals surface area contributed by atoms with E-state index in [-0.39, 0.29) is 12.5 Å². The monoisotopic (exact) mass is 285 g/mol. The highest BCUT2D eigenvalue weighted by Crippen LogP contribution is 2.12. The van der Waals surface area contributed by atoms with Crippen LogP contribution in [0.5, 0.6) is 0 Å². The van der Waals surface area contributed by atoms with Crippen molar-refractivity contribution in [1.82, 2.24) is 4.98 Å². The van der Waals surface area contributed by atoms with E-state index in [1.807, 2.05) is 0 Å². The number of benzene rings is 1. The minimum Gasteiger partial charge on any atom is -0.320 e. The number of hydrogen-bond acceptors (Lipinski definition) is 3. The van der Waals surface area contributed by atoms with Crippen molar-refractivity contribution < 1.29 is 4.79 Å². The standard InChI is InChI=1S/C15H12ClN3O/c16-12-5-1-4-11(10-12)15(20)19-14-8-2-6-13(18-14)7-3-9-17/h1-2,4-6,8,10H,9,17H2,(H,18,19,20). The highest BCUT2D eigenvalue weighted by molar-refractivity contribution is 6.31. The third kappa shape index (κ3) is 3.82. The van der Waals surface area contributed by atoms with Gasteiger partial charge in [-0.05, 0) is 36.3 Å². The van der Waals surface area contributed by atoms with Crippen LogP contribution in [0.15, 0.2) is 42.5 Å². The zero-order valence-corrected chi connectivity index (χ0v) is 11.3. The molecule has 5 heteroatoms. The number of amides is 1. The fourth-order valence-corrected chi connectivity index (χ4v) is 1.72. The number of nitrogens with two attached hydrogens (primary N) is 1. The maximum Gasteiger partial charge on any atom is 0.256 e. The van der Waals surface area contributed by atoms with Gasteiger partial charge in [0.15, 0.2) is 0 Å². The van der Waals surface area contributed by atoms with Crippen molar-refractivity contribution in [3.63, 3.8) is 0 Å². The van der Waals surface area contributed by atoms with Crippen molar-refractivity contribution in [2.45, 2.75) is 0 Å². The maximum atomic E-state index is 12.0. The molecule has 2 aromatic rings. The van der Waals surface area contributed by atoms with Crippen LogP contribution in [-0.4, -0.2) is 17.4 Å². The molecule has 0 aliphatic heterocycles. The number of anilines is 1. The molecule has 0 unspecified atom stereocenters. The first-order chi connectivity index (χ1) is 9.69. The lowest BCUT2D eigenvalue weighted by Crippen LogP contribution is -2.13. The van der Waals surface area contributed by atoms with Crippen molar-refractivity contribution in [3.05, 3.63) is 58.7 Å². The van der Waals surface area contributed by atoms with E-state index in [0.717, 1.165) is 0 Å². The Morgan fingerprint density at radius 3 is 2.85 bits per heavy atom. The summed E-state index contributed by atoms with van der Waals surface area (Å²) in [4.78, 5) is 16.2. The molecule has 2 rings (SSSR count). The van der Waals surface area contributed by atoms with Crippen LogP contribution in [0.3, 0.4) is 0 Å². The number of pyridine rings is 1. The first kappa shape index (κ1) is 14.1. The van der Waals surface area contributed by atoms with E-state index in [0.29, 0.717) is 22.1 Å². The van der Waals surface area contributed by atoms with Gasteiger partial charge in [0.05, 0.1) is 6.54 Å². The lowest BCUT2D eigenvalue weighted by atomic mass is 10.2. The van der Waals surface area contributed by atoms with Crippen molar-refractivity contribution in [3.8, 4) is 11.8 Å². The molecule has 0 radical (unpaired) electrons. The average molecular weight is 286 g/mol. The summed E-state index contributed by atoms with van der Waals surface area (Å²) in [5, 5.41) is 3.20. The lowest BCUT2D eigenvalue weighted by Gasteiger charge is -2.05. The molecule has 100 valence electrons. The van der Waals surface area contributed by atoms with E-state index in [1.165, 1.54) is 0 Å². The number of aromatic nitrogens is 1. The number of nitrogens with zero attached hydrogens (tertiary/aromatic N) is 1. The van der Waals surface area contributed by atoms with Crippen LogP contribution >= 0.6 is 11.6 Å². The van der Waals surface area contributed by atoms with Gasteiger partial charge in [0, 0.05) is 10.6 Å². The summed E-state index contributed by atoms with van der Waals surface area (Å²) in [6.45, 7) is 0.265. The van der Waals surface area contributed by atoms with Crippen LogP contribution < -0.4 is 11.1 Å². The van der Waals surface area contributed by atoms with Crippen LogP contribution in [0.25, 0.3) is 0 Å². The van der Waals surface area contributed by atoms with Crippen molar-refractivity contribution in [2.75, 3.05) is 11.9 Å². The van der Waals surface area contributed by atoms with Gasteiger partial charge in [-0.25, -0.2) is 4.98 Å². The molecule has 4 nitrogen and oxygen atoms in total. The summed E-state index contributed by atoms with van der Waals surface area (Å²) in [6.07, 6.45) is 0. The Balaban J connectivity index is 2.15. The number of carbonyl (C=O) groups is 1. The van der Waals surface area contributed by atoms with Gasteiger partial charge < -0.3 is 11.1 Å². The Bertz CT molecular complexity index is 689. The molecule has 0 bridgehead atoms. The number of halogens is 1. The molecule has 0 saturated carbocycles. The van der Waals surface area contributed by atoms with E-state index in [9.17, 15) is 4.79 Å². The van der Waals surface area contributed by atoms with Crippen LogP contribution in [0, 0.1) is 11.8 Å². The second kappa shape index (κ2) is 6.71. The normalized spacial score (nSPS) is 9.50. The maximum absolute atomic E-state index is 12.0. The molecule has 0 aliphatic rings. The van der Waals surface area contributed by atoms with Gasteiger partial charge in [-0.15, -0.1) is 0 Å². The fourth-order valence-electron chi connectivity index (χ4n) is 1.53. The fraction of sp³-hybridized carbons (Fsp3) is 0.0667. The minimum atomic E-state index is -0.274. The second-order valence-corrected chi connectivity index (χ2v) is 4.31. The van der Waals surface area contributed by atoms with Gasteiger partial charge in [-0.3, -0.25) is 4.79 Å². The zero-order valence-electron chi connectivity index (χ0n) is 10.6. The van der Waals surface area contributed by atoms with Crippen molar-refractivity contribution in [2.24, 2.45) is 5.73 Å². The molecule has 1 aromatic carbocycles. The Morgan fingerprint density at radius 1 is 1.30 bits per heavy atom. The number of carbonyl (C=O) groups excluding carboxylic acids is 1. The molecule has 0 saturated heterocycles. The largest absolute Gasteiger partial charge is 0.320 e. The van der Waals surface area contributed by atoms with E-state index in [4.69, 9.17) is 17.3 Å². The minimum absolute atomic E-state index is 0.265. The molecular formula is C15H12ClN3O. The van der Waals surface area contributed by atoms with E-state index >= 15 is 0 Å². The first-order valence-electron chi connectivity index (χ1n) is 5.92. The number of hydrogen-bond donors (Lipinski definition) is 2. The Labute approximate surface area is 122 Å². The molecule has 20 heavy (non-hydrogen) atoms. The van der Waals surface area contributed by atoms with Gasteiger partial charge in [0.25, 0.3) is 5.91 Å². The summed E-state index contributed by atoms with van der Waals surface area (Å²) in [5.74, 6) is 5.67. The molecule has 0 spiro atoms. The van der Waals surface area contributed by atoms with Gasteiger partial charge in [0.2, 0.25) is 0 Å². The van der Waals surface area contributed by atoms with Gasteiger partial charge in [-0.1, -0.05) is 29.7 Å². The summed E-state index contributed by atoms with van der Waals surface area (Å²) >= 11 is 5.85. The van der Waals surface area contributed by atoms with Crippen molar-refractivity contribution >= 4 is 23.3 Å². The molecule has 1 heterocycles. The highest BCUT2D eigenvalue weighted by atomic mass is 35.5. The van der Waals surface area contributed by atoms with E-state index < -0.39 is 0 Å². The molecule has 0 aliphatic carbocycles. The summed E-state index contributed by atoms with van der Waals surface area (Å²) in [6, 6.07) is 11.9. The Morgan fingerprint density at radius 2 is 2.10 bits per heavy atom. The third-order valence-electron chi connectivity index (χ3n) is 2.40. The quantitative estimate of drug-likeness (QED) is 0.832. The topological polar surface area (TPSA) is 68.0 Å². The van der Waals surface area contributed by atoms with Crippen LogP contribution in [0.1, 0.15) is 16.1 Å². The van der Waals surface area contributed by atoms with Crippen LogP contribution in [0.2, 0.25) is 5.02 Å². The molecule has 1 amide bonds. The Kier molecular flexibility index (Phi) is 4.72. The van der Waals surface area contributed by atoms with Crippen LogP contribution in [-0.2, 0) is 0 Å². The Hall–Kier alpha value is -2.35. The lowest BCUT2D eigenvalue weighted by molar-refractivity contribution is 0.102. The third-order valence-corrected chi connectivity index (χ3v) is 2.63.